The summed E-state index contributed by atoms with van der Waals surface area (Å²) in [5.74, 6) is -1.08. The molecule has 196 valence electrons. The second kappa shape index (κ2) is 10.3. The summed E-state index contributed by atoms with van der Waals surface area (Å²) in [5, 5.41) is 17.2. The number of anilines is 1. The Morgan fingerprint density at radius 2 is 1.77 bits per heavy atom. The summed E-state index contributed by atoms with van der Waals surface area (Å²) in [5.41, 5.74) is 5.03. The predicted molar refractivity (Wildman–Crippen MR) is 147 cm³/mol. The maximum Gasteiger partial charge on any atom is 0.329 e. The first-order valence-electron chi connectivity index (χ1n) is 12.2. The third kappa shape index (κ3) is 5.12. The van der Waals surface area contributed by atoms with E-state index >= 15 is 0 Å². The molecular weight excluding hydrogens is 498 g/mol. The molecule has 1 aromatic heterocycles. The van der Waals surface area contributed by atoms with Gasteiger partial charge in [0.25, 0.3) is 11.6 Å². The number of carbonyl (C=O) groups excluding carboxylic acids is 3. The third-order valence-corrected chi connectivity index (χ3v) is 6.62. The summed E-state index contributed by atoms with van der Waals surface area (Å²) >= 11 is 0. The molecule has 1 aliphatic heterocycles. The average Bonchev–Trinajstić information content (AvgIpc) is 3.32. The second-order valence-electron chi connectivity index (χ2n) is 9.32. The zero-order valence-electron chi connectivity index (χ0n) is 21.3. The van der Waals surface area contributed by atoms with Crippen LogP contribution < -0.4 is 10.6 Å². The van der Waals surface area contributed by atoms with E-state index in [0.29, 0.717) is 12.2 Å². The first-order valence-corrected chi connectivity index (χ1v) is 12.2. The fourth-order valence-electron chi connectivity index (χ4n) is 4.68. The Balaban J connectivity index is 1.40. The number of nitro groups is 1. The Bertz CT molecular complexity index is 1670. The number of amides is 4. The lowest BCUT2D eigenvalue weighted by atomic mass is 10.1. The molecule has 1 saturated heterocycles. The number of urea groups is 1. The van der Waals surface area contributed by atoms with Gasteiger partial charge in [0.05, 0.1) is 4.92 Å². The van der Waals surface area contributed by atoms with Crippen molar-refractivity contribution in [2.45, 2.75) is 20.4 Å². The van der Waals surface area contributed by atoms with Crippen LogP contribution in [-0.4, -0.2) is 38.8 Å². The molecule has 39 heavy (non-hydrogen) atoms. The second-order valence-corrected chi connectivity index (χ2v) is 9.32. The standard InChI is InChI=1S/C29H25N5O5/c1-18-6-5-7-21(14-18)30-27(35)17-33-28(36)25(31-29(33)37)15-24-19(2)32(26-9-4-3-8-23(24)26)16-20-10-12-22(13-11-20)34(38)39/h3-15H,16-17H2,1-2H3,(H,30,35)(H,31,37)/b25-15+. The van der Waals surface area contributed by atoms with E-state index in [0.717, 1.165) is 38.2 Å². The highest BCUT2D eigenvalue weighted by atomic mass is 16.6. The topological polar surface area (TPSA) is 127 Å². The number of aromatic nitrogens is 1. The fourth-order valence-corrected chi connectivity index (χ4v) is 4.68. The van der Waals surface area contributed by atoms with Gasteiger partial charge in [0, 0.05) is 46.5 Å². The summed E-state index contributed by atoms with van der Waals surface area (Å²) in [6.45, 7) is 3.84. The van der Waals surface area contributed by atoms with Crippen molar-refractivity contribution >= 4 is 46.2 Å². The zero-order chi connectivity index (χ0) is 27.7. The van der Waals surface area contributed by atoms with E-state index < -0.39 is 29.3 Å². The molecule has 4 amide bonds. The van der Waals surface area contributed by atoms with Gasteiger partial charge < -0.3 is 15.2 Å². The van der Waals surface area contributed by atoms with Crippen molar-refractivity contribution in [3.05, 3.63) is 111 Å². The largest absolute Gasteiger partial charge is 0.340 e. The molecular formula is C29H25N5O5. The van der Waals surface area contributed by atoms with Crippen molar-refractivity contribution in [2.75, 3.05) is 11.9 Å². The van der Waals surface area contributed by atoms with Gasteiger partial charge in [-0.05, 0) is 49.2 Å². The van der Waals surface area contributed by atoms with Crippen LogP contribution in [0.2, 0.25) is 0 Å². The Morgan fingerprint density at radius 3 is 2.49 bits per heavy atom. The number of nitro benzene ring substituents is 1. The van der Waals surface area contributed by atoms with Gasteiger partial charge in [-0.25, -0.2) is 9.69 Å². The predicted octanol–water partition coefficient (Wildman–Crippen LogP) is 4.75. The van der Waals surface area contributed by atoms with Gasteiger partial charge in [-0.2, -0.15) is 0 Å². The molecule has 0 saturated carbocycles. The first-order chi connectivity index (χ1) is 18.7. The number of carbonyl (C=O) groups is 3. The van der Waals surface area contributed by atoms with Crippen LogP contribution in [0.4, 0.5) is 16.2 Å². The molecule has 3 aromatic carbocycles. The Morgan fingerprint density at radius 1 is 1.03 bits per heavy atom. The number of aryl methyl sites for hydroxylation is 1. The highest BCUT2D eigenvalue weighted by Crippen LogP contribution is 2.30. The van der Waals surface area contributed by atoms with Crippen LogP contribution in [0.15, 0.2) is 78.5 Å². The normalized spacial score (nSPS) is 14.2. The number of nitrogens with zero attached hydrogens (tertiary/aromatic N) is 3. The molecule has 5 rings (SSSR count). The average molecular weight is 524 g/mol. The van der Waals surface area contributed by atoms with Crippen molar-refractivity contribution in [2.24, 2.45) is 0 Å². The van der Waals surface area contributed by atoms with E-state index in [-0.39, 0.29) is 11.4 Å². The number of benzene rings is 3. The van der Waals surface area contributed by atoms with E-state index in [1.807, 2.05) is 44.2 Å². The molecule has 1 fully saturated rings. The molecule has 0 atom stereocenters. The summed E-state index contributed by atoms with van der Waals surface area (Å²) in [7, 11) is 0. The van der Waals surface area contributed by atoms with Crippen LogP contribution >= 0.6 is 0 Å². The number of rotatable bonds is 7. The lowest BCUT2D eigenvalue weighted by Gasteiger charge is -2.12. The lowest BCUT2D eigenvalue weighted by Crippen LogP contribution is -2.38. The molecule has 0 aliphatic carbocycles. The van der Waals surface area contributed by atoms with Gasteiger partial charge in [-0.15, -0.1) is 0 Å². The van der Waals surface area contributed by atoms with Crippen molar-refractivity contribution < 1.29 is 19.3 Å². The van der Waals surface area contributed by atoms with Gasteiger partial charge in [0.2, 0.25) is 5.91 Å². The molecule has 0 bridgehead atoms. The van der Waals surface area contributed by atoms with Crippen molar-refractivity contribution in [1.29, 1.82) is 0 Å². The van der Waals surface area contributed by atoms with Gasteiger partial charge >= 0.3 is 6.03 Å². The Hall–Kier alpha value is -5.25. The van der Waals surface area contributed by atoms with Gasteiger partial charge in [0.15, 0.2) is 0 Å². The minimum atomic E-state index is -0.669. The van der Waals surface area contributed by atoms with Crippen LogP contribution in [0.3, 0.4) is 0 Å². The molecule has 10 nitrogen and oxygen atoms in total. The van der Waals surface area contributed by atoms with Crippen LogP contribution in [-0.2, 0) is 16.1 Å². The molecule has 4 aromatic rings. The molecule has 2 N–H and O–H groups in total. The van der Waals surface area contributed by atoms with E-state index in [9.17, 15) is 24.5 Å². The minimum Gasteiger partial charge on any atom is -0.340 e. The van der Waals surface area contributed by atoms with E-state index in [4.69, 9.17) is 0 Å². The Kier molecular flexibility index (Phi) is 6.68. The number of hydrogen-bond acceptors (Lipinski definition) is 5. The summed E-state index contributed by atoms with van der Waals surface area (Å²) in [6, 6.07) is 20.6. The smallest absolute Gasteiger partial charge is 0.329 e. The van der Waals surface area contributed by atoms with Crippen LogP contribution in [0.1, 0.15) is 22.4 Å². The maximum atomic E-state index is 13.1. The quantitative estimate of drug-likeness (QED) is 0.157. The zero-order valence-corrected chi connectivity index (χ0v) is 21.3. The lowest BCUT2D eigenvalue weighted by molar-refractivity contribution is -0.384. The molecule has 0 spiro atoms. The van der Waals surface area contributed by atoms with E-state index in [2.05, 4.69) is 15.2 Å². The third-order valence-electron chi connectivity index (χ3n) is 6.62. The van der Waals surface area contributed by atoms with Crippen molar-refractivity contribution in [3.63, 3.8) is 0 Å². The highest BCUT2D eigenvalue weighted by Gasteiger charge is 2.35. The van der Waals surface area contributed by atoms with Gasteiger partial charge in [0.1, 0.15) is 12.2 Å². The Labute approximate surface area is 223 Å². The number of hydrogen-bond donors (Lipinski definition) is 2. The highest BCUT2D eigenvalue weighted by molar-refractivity contribution is 6.16. The number of imide groups is 1. The van der Waals surface area contributed by atoms with E-state index in [1.54, 1.807) is 36.4 Å². The molecule has 10 heteroatoms. The van der Waals surface area contributed by atoms with Crippen molar-refractivity contribution in [1.82, 2.24) is 14.8 Å². The van der Waals surface area contributed by atoms with Crippen LogP contribution in [0.25, 0.3) is 17.0 Å². The number of nitrogens with one attached hydrogen (secondary N) is 2. The molecule has 1 aliphatic rings. The van der Waals surface area contributed by atoms with Gasteiger partial charge in [-0.3, -0.25) is 19.7 Å². The monoisotopic (exact) mass is 523 g/mol. The summed E-state index contributed by atoms with van der Waals surface area (Å²) in [6.07, 6.45) is 1.63. The molecule has 0 unspecified atom stereocenters. The number of fused-ring (bicyclic) bond motifs is 1. The summed E-state index contributed by atoms with van der Waals surface area (Å²) < 4.78 is 2.05. The fraction of sp³-hybridized carbons (Fsp3) is 0.138. The number of non-ortho nitro benzene ring substituents is 1. The minimum absolute atomic E-state index is 0.0193. The van der Waals surface area contributed by atoms with Crippen molar-refractivity contribution in [3.8, 4) is 0 Å². The maximum absolute atomic E-state index is 13.1. The molecule has 2 heterocycles. The van der Waals surface area contributed by atoms with Crippen LogP contribution in [0, 0.1) is 24.0 Å². The summed E-state index contributed by atoms with van der Waals surface area (Å²) in [4.78, 5) is 49.7. The molecule has 0 radical (unpaired) electrons. The SMILES string of the molecule is Cc1cccc(NC(=O)CN2C(=O)N/C(=C/c3c(C)n(Cc4ccc([N+](=O)[O-])cc4)c4ccccc34)C2=O)c1. The van der Waals surface area contributed by atoms with Gasteiger partial charge in [-0.1, -0.05) is 42.5 Å². The number of para-hydroxylation sites is 1. The van der Waals surface area contributed by atoms with E-state index in [1.165, 1.54) is 12.1 Å². The van der Waals surface area contributed by atoms with Crippen LogP contribution in [0.5, 0.6) is 0 Å². The first kappa shape index (κ1) is 25.4.